The number of hydrogen-bond acceptors (Lipinski definition) is 3. The third kappa shape index (κ3) is 3.52. The highest BCUT2D eigenvalue weighted by molar-refractivity contribution is 5.91. The number of ether oxygens (including phenoxy) is 2. The van der Waals surface area contributed by atoms with Gasteiger partial charge >= 0.3 is 17.8 Å². The zero-order chi connectivity index (χ0) is 20.4. The molecule has 0 heterocycles. The van der Waals surface area contributed by atoms with Crippen LogP contribution in [0.5, 0.6) is 0 Å². The summed E-state index contributed by atoms with van der Waals surface area (Å²) < 4.78 is 65.5. The first-order chi connectivity index (χ1) is 13.3. The minimum Gasteiger partial charge on any atom is -0.492 e. The lowest BCUT2D eigenvalue weighted by atomic mass is 10.0. The number of carbonyl (C=O) groups is 1. The van der Waals surface area contributed by atoms with E-state index in [1.54, 1.807) is 12.1 Å². The number of allylic oxidation sites excluding steroid dienone is 4. The maximum absolute atomic E-state index is 14.2. The van der Waals surface area contributed by atoms with Gasteiger partial charge in [0.25, 0.3) is 0 Å². The first-order valence-corrected chi connectivity index (χ1v) is 8.46. The maximum atomic E-state index is 14.2. The van der Waals surface area contributed by atoms with Crippen molar-refractivity contribution in [3.05, 3.63) is 83.8 Å². The van der Waals surface area contributed by atoms with Gasteiger partial charge in [-0.05, 0) is 42.3 Å². The minimum absolute atomic E-state index is 0.0423. The summed E-state index contributed by atoms with van der Waals surface area (Å²) in [5.41, 5.74) is 1.66. The topological polar surface area (TPSA) is 35.5 Å². The molecule has 0 saturated heterocycles. The van der Waals surface area contributed by atoms with Crippen LogP contribution in [0.2, 0.25) is 0 Å². The van der Waals surface area contributed by atoms with E-state index in [9.17, 15) is 22.4 Å². The zero-order valence-corrected chi connectivity index (χ0v) is 14.8. The number of carbonyl (C=O) groups excluding carboxylic acids is 1. The average Bonchev–Trinajstić information content (AvgIpc) is 2.69. The van der Waals surface area contributed by atoms with Crippen LogP contribution in [0, 0.1) is 0 Å². The summed E-state index contributed by atoms with van der Waals surface area (Å²) in [4.78, 5) is 12.2. The van der Waals surface area contributed by atoms with Gasteiger partial charge in [-0.15, -0.1) is 0 Å². The summed E-state index contributed by atoms with van der Waals surface area (Å²) >= 11 is 0. The summed E-state index contributed by atoms with van der Waals surface area (Å²) in [7, 11) is 0. The first kappa shape index (κ1) is 19.7. The molecule has 28 heavy (non-hydrogen) atoms. The lowest BCUT2D eigenvalue weighted by molar-refractivity contribution is -0.200. The standard InChI is InChI=1S/C21H16F4O3/c1-2-27-17-12-13-18(21(24,25)20(17,22)23)28-19(26)16-10-8-15(9-11-16)14-6-4-3-5-7-14/h3-13H,2H2,1H3. The van der Waals surface area contributed by atoms with E-state index in [1.807, 2.05) is 30.3 Å². The maximum Gasteiger partial charge on any atom is 0.374 e. The monoisotopic (exact) mass is 392 g/mol. The van der Waals surface area contributed by atoms with Crippen molar-refractivity contribution in [1.82, 2.24) is 0 Å². The van der Waals surface area contributed by atoms with E-state index in [4.69, 9.17) is 0 Å². The summed E-state index contributed by atoms with van der Waals surface area (Å²) in [6.45, 7) is 1.20. The molecule has 2 aromatic carbocycles. The van der Waals surface area contributed by atoms with Crippen molar-refractivity contribution in [3.8, 4) is 11.1 Å². The number of alkyl halides is 4. The van der Waals surface area contributed by atoms with Gasteiger partial charge in [0.05, 0.1) is 12.2 Å². The Bertz CT molecular complexity index is 916. The molecule has 0 aliphatic heterocycles. The van der Waals surface area contributed by atoms with E-state index in [0.29, 0.717) is 12.2 Å². The summed E-state index contributed by atoms with van der Waals surface area (Å²) in [5.74, 6) is -13.1. The molecule has 1 aliphatic rings. The van der Waals surface area contributed by atoms with Gasteiger partial charge in [0.1, 0.15) is 0 Å². The van der Waals surface area contributed by atoms with Crippen molar-refractivity contribution in [2.75, 3.05) is 6.61 Å². The van der Waals surface area contributed by atoms with Gasteiger partial charge in [-0.3, -0.25) is 0 Å². The van der Waals surface area contributed by atoms with Crippen molar-refractivity contribution in [1.29, 1.82) is 0 Å². The van der Waals surface area contributed by atoms with Gasteiger partial charge in [0, 0.05) is 0 Å². The molecule has 7 heteroatoms. The lowest BCUT2D eigenvalue weighted by Crippen LogP contribution is -2.47. The van der Waals surface area contributed by atoms with E-state index in [-0.39, 0.29) is 12.2 Å². The van der Waals surface area contributed by atoms with Crippen LogP contribution in [0.3, 0.4) is 0 Å². The Morgan fingerprint density at radius 2 is 1.36 bits per heavy atom. The molecule has 0 atom stereocenters. The molecule has 2 aromatic rings. The molecule has 0 N–H and O–H groups in total. The molecule has 0 spiro atoms. The lowest BCUT2D eigenvalue weighted by Gasteiger charge is -2.31. The molecular weight excluding hydrogens is 376 g/mol. The van der Waals surface area contributed by atoms with Crippen LogP contribution >= 0.6 is 0 Å². The Labute approximate surface area is 158 Å². The van der Waals surface area contributed by atoms with E-state index >= 15 is 0 Å². The largest absolute Gasteiger partial charge is 0.492 e. The molecule has 0 radical (unpaired) electrons. The molecular formula is C21H16F4O3. The first-order valence-electron chi connectivity index (χ1n) is 8.46. The molecule has 0 bridgehead atoms. The van der Waals surface area contributed by atoms with E-state index in [2.05, 4.69) is 9.47 Å². The van der Waals surface area contributed by atoms with Crippen LogP contribution in [-0.2, 0) is 9.47 Å². The van der Waals surface area contributed by atoms with Gasteiger partial charge in [-0.1, -0.05) is 42.5 Å². The number of benzene rings is 2. The molecule has 0 fully saturated rings. The highest BCUT2D eigenvalue weighted by atomic mass is 19.3. The molecule has 1 aliphatic carbocycles. The fraction of sp³-hybridized carbons (Fsp3) is 0.190. The second kappa shape index (κ2) is 7.50. The predicted molar refractivity (Wildman–Crippen MR) is 95.0 cm³/mol. The Morgan fingerprint density at radius 3 is 1.96 bits per heavy atom. The van der Waals surface area contributed by atoms with E-state index < -0.39 is 29.3 Å². The number of halogens is 4. The second-order valence-corrected chi connectivity index (χ2v) is 5.98. The van der Waals surface area contributed by atoms with Crippen LogP contribution in [0.15, 0.2) is 78.3 Å². The normalized spacial score (nSPS) is 17.3. The predicted octanol–water partition coefficient (Wildman–Crippen LogP) is 5.60. The van der Waals surface area contributed by atoms with Gasteiger partial charge in [0.2, 0.25) is 0 Å². The van der Waals surface area contributed by atoms with Crippen LogP contribution in [0.1, 0.15) is 17.3 Å². The Balaban J connectivity index is 1.81. The van der Waals surface area contributed by atoms with Crippen LogP contribution in [-0.4, -0.2) is 24.4 Å². The summed E-state index contributed by atoms with van der Waals surface area (Å²) in [5, 5.41) is 0. The fourth-order valence-electron chi connectivity index (χ4n) is 2.65. The SMILES string of the molecule is CCOC1=CC=C(OC(=O)c2ccc(-c3ccccc3)cc2)C(F)(F)C1(F)F. The fourth-order valence-corrected chi connectivity index (χ4v) is 2.65. The molecule has 0 saturated carbocycles. The average molecular weight is 392 g/mol. The summed E-state index contributed by atoms with van der Waals surface area (Å²) in [6, 6.07) is 15.3. The Morgan fingerprint density at radius 1 is 0.821 bits per heavy atom. The van der Waals surface area contributed by atoms with Crippen molar-refractivity contribution < 1.29 is 31.8 Å². The Kier molecular flexibility index (Phi) is 5.27. The van der Waals surface area contributed by atoms with Gasteiger partial charge in [0.15, 0.2) is 11.5 Å². The number of rotatable bonds is 5. The number of esters is 1. The molecule has 146 valence electrons. The smallest absolute Gasteiger partial charge is 0.374 e. The third-order valence-electron chi connectivity index (χ3n) is 4.13. The van der Waals surface area contributed by atoms with E-state index in [0.717, 1.165) is 11.1 Å². The van der Waals surface area contributed by atoms with Gasteiger partial charge < -0.3 is 9.47 Å². The molecule has 3 nitrogen and oxygen atoms in total. The second-order valence-electron chi connectivity index (χ2n) is 5.98. The van der Waals surface area contributed by atoms with Crippen LogP contribution < -0.4 is 0 Å². The van der Waals surface area contributed by atoms with Gasteiger partial charge in [-0.25, -0.2) is 4.79 Å². The highest BCUT2D eigenvalue weighted by Gasteiger charge is 2.65. The van der Waals surface area contributed by atoms with Crippen LogP contribution in [0.25, 0.3) is 11.1 Å². The molecule has 3 rings (SSSR count). The Hall–Kier alpha value is -3.09. The zero-order valence-electron chi connectivity index (χ0n) is 14.8. The van der Waals surface area contributed by atoms with Crippen molar-refractivity contribution in [3.63, 3.8) is 0 Å². The third-order valence-corrected chi connectivity index (χ3v) is 4.13. The number of hydrogen-bond donors (Lipinski definition) is 0. The highest BCUT2D eigenvalue weighted by Crippen LogP contribution is 2.48. The molecule has 0 unspecified atom stereocenters. The minimum atomic E-state index is -4.72. The quantitative estimate of drug-likeness (QED) is 0.491. The molecule has 0 aromatic heterocycles. The van der Waals surface area contributed by atoms with Crippen molar-refractivity contribution in [2.24, 2.45) is 0 Å². The van der Waals surface area contributed by atoms with Crippen LogP contribution in [0.4, 0.5) is 17.6 Å². The molecule has 0 amide bonds. The summed E-state index contributed by atoms with van der Waals surface area (Å²) in [6.07, 6.45) is 1.31. The van der Waals surface area contributed by atoms with Crippen molar-refractivity contribution in [2.45, 2.75) is 18.8 Å². The van der Waals surface area contributed by atoms with E-state index in [1.165, 1.54) is 19.1 Å². The van der Waals surface area contributed by atoms with Crippen molar-refractivity contribution >= 4 is 5.97 Å². The van der Waals surface area contributed by atoms with Gasteiger partial charge in [-0.2, -0.15) is 17.6 Å².